The van der Waals surface area contributed by atoms with Gasteiger partial charge in [-0.25, -0.2) is 0 Å². The van der Waals surface area contributed by atoms with Crippen LogP contribution < -0.4 is 14.4 Å². The van der Waals surface area contributed by atoms with Gasteiger partial charge in [-0.15, -0.1) is 13.2 Å². The zero-order chi connectivity index (χ0) is 23.8. The molecule has 0 aliphatic carbocycles. The van der Waals surface area contributed by atoms with Crippen molar-refractivity contribution in [3.8, 4) is 22.6 Å². The monoisotopic (exact) mass is 473 g/mol. The molecule has 176 valence electrons. The molecule has 1 aliphatic heterocycles. The van der Waals surface area contributed by atoms with Gasteiger partial charge >= 0.3 is 12.5 Å². The van der Waals surface area contributed by atoms with E-state index in [0.717, 1.165) is 12.1 Å². The number of furan rings is 1. The molecule has 2 unspecified atom stereocenters. The normalized spacial score (nSPS) is 17.3. The van der Waals surface area contributed by atoms with Crippen molar-refractivity contribution in [1.82, 2.24) is 0 Å². The largest absolute Gasteiger partial charge is 0.573 e. The summed E-state index contributed by atoms with van der Waals surface area (Å²) in [7, 11) is 0. The molecule has 0 saturated heterocycles. The van der Waals surface area contributed by atoms with Crippen LogP contribution in [0, 0.1) is 0 Å². The molecule has 0 spiro atoms. The third-order valence-corrected chi connectivity index (χ3v) is 5.06. The predicted molar refractivity (Wildman–Crippen MR) is 105 cm³/mol. The van der Waals surface area contributed by atoms with Crippen molar-refractivity contribution in [2.45, 2.75) is 24.7 Å². The number of para-hydroxylation sites is 1. The molecule has 11 heteroatoms. The summed E-state index contributed by atoms with van der Waals surface area (Å²) in [6, 6.07) is 12.2. The minimum atomic E-state index is -4.88. The highest BCUT2D eigenvalue weighted by Crippen LogP contribution is 2.46. The van der Waals surface area contributed by atoms with Crippen LogP contribution in [0.1, 0.15) is 11.8 Å². The van der Waals surface area contributed by atoms with Gasteiger partial charge in [0.05, 0.1) is 18.5 Å². The topological polar surface area (TPSA) is 55.1 Å². The Morgan fingerprint density at radius 1 is 1.03 bits per heavy atom. The fraction of sp³-hybridized carbons (Fsp3) is 0.273. The molecule has 0 radical (unpaired) electrons. The number of β-amino-alcohol motifs (C(OH)–C–C–N with tert-alkyl or cyclic N) is 1. The smallest absolute Gasteiger partial charge is 0.488 e. The van der Waals surface area contributed by atoms with Crippen molar-refractivity contribution < 1.29 is 45.3 Å². The van der Waals surface area contributed by atoms with Gasteiger partial charge in [0.2, 0.25) is 0 Å². The molecule has 0 bridgehead atoms. The lowest BCUT2D eigenvalue weighted by molar-refractivity contribution is -0.274. The summed E-state index contributed by atoms with van der Waals surface area (Å²) >= 11 is 0. The van der Waals surface area contributed by atoms with E-state index < -0.39 is 37.0 Å². The Kier molecular flexibility index (Phi) is 5.91. The van der Waals surface area contributed by atoms with Gasteiger partial charge in [-0.3, -0.25) is 0 Å². The Morgan fingerprint density at radius 2 is 1.79 bits per heavy atom. The van der Waals surface area contributed by atoms with Gasteiger partial charge in [0.25, 0.3) is 0 Å². The molecular weight excluding hydrogens is 456 g/mol. The molecule has 4 rings (SSSR count). The number of hydrogen-bond donors (Lipinski definition) is 1. The van der Waals surface area contributed by atoms with Crippen LogP contribution in [0.25, 0.3) is 11.1 Å². The molecule has 0 amide bonds. The summed E-state index contributed by atoms with van der Waals surface area (Å²) in [5, 5.41) is 9.75. The van der Waals surface area contributed by atoms with E-state index in [1.807, 2.05) is 0 Å². The lowest BCUT2D eigenvalue weighted by Crippen LogP contribution is -2.45. The second-order valence-corrected chi connectivity index (χ2v) is 7.28. The number of alkyl halides is 6. The van der Waals surface area contributed by atoms with E-state index in [9.17, 15) is 31.4 Å². The summed E-state index contributed by atoms with van der Waals surface area (Å²) < 4.78 is 92.4. The summed E-state index contributed by atoms with van der Waals surface area (Å²) in [6.45, 7) is -0.910. The van der Waals surface area contributed by atoms with Gasteiger partial charge in [0, 0.05) is 5.56 Å². The van der Waals surface area contributed by atoms with Crippen LogP contribution in [0.4, 0.5) is 32.0 Å². The number of aliphatic hydroxyl groups is 1. The molecule has 1 aliphatic rings. The highest BCUT2D eigenvalue weighted by atomic mass is 19.4. The summed E-state index contributed by atoms with van der Waals surface area (Å²) in [4.78, 5) is 1.31. The number of halogens is 6. The average molecular weight is 473 g/mol. The fourth-order valence-corrected chi connectivity index (χ4v) is 3.64. The summed E-state index contributed by atoms with van der Waals surface area (Å²) in [5.74, 6) is 0.0473. The van der Waals surface area contributed by atoms with Gasteiger partial charge in [-0.1, -0.05) is 24.3 Å². The first-order valence-electron chi connectivity index (χ1n) is 9.70. The fourth-order valence-electron chi connectivity index (χ4n) is 3.64. The van der Waals surface area contributed by atoms with Gasteiger partial charge in [-0.05, 0) is 35.9 Å². The average Bonchev–Trinajstić information content (AvgIpc) is 3.26. The molecule has 2 aromatic carbocycles. The Balaban J connectivity index is 1.75. The van der Waals surface area contributed by atoms with Crippen molar-refractivity contribution in [2.75, 3.05) is 18.1 Å². The molecule has 0 saturated carbocycles. The van der Waals surface area contributed by atoms with E-state index in [1.165, 1.54) is 35.4 Å². The van der Waals surface area contributed by atoms with Crippen molar-refractivity contribution in [3.63, 3.8) is 0 Å². The summed E-state index contributed by atoms with van der Waals surface area (Å²) in [6.07, 6.45) is -11.0. The van der Waals surface area contributed by atoms with Gasteiger partial charge in [0.15, 0.2) is 11.9 Å². The maximum absolute atomic E-state index is 13.1. The quantitative estimate of drug-likeness (QED) is 0.482. The third-order valence-electron chi connectivity index (χ3n) is 5.06. The van der Waals surface area contributed by atoms with Crippen molar-refractivity contribution in [2.24, 2.45) is 0 Å². The standard InChI is InChI=1S/C22H17F6NO4/c23-21(24,25)19(30)11-29-16-7-2-6-15(13-4-1-5-14(10-13)33-22(26,27)28)20(16)32-12-17(29)18-8-3-9-31-18/h1-10,17,19,30H,11-12H2. The molecular formula is C22H17F6NO4. The van der Waals surface area contributed by atoms with E-state index in [1.54, 1.807) is 18.2 Å². The van der Waals surface area contributed by atoms with Crippen LogP contribution in [0.2, 0.25) is 0 Å². The first kappa shape index (κ1) is 22.8. The first-order valence-corrected chi connectivity index (χ1v) is 9.70. The lowest BCUT2D eigenvalue weighted by Gasteiger charge is -2.39. The number of hydrogen-bond acceptors (Lipinski definition) is 5. The minimum absolute atomic E-state index is 0.110. The van der Waals surface area contributed by atoms with E-state index in [2.05, 4.69) is 4.74 Å². The van der Waals surface area contributed by atoms with E-state index in [0.29, 0.717) is 16.9 Å². The van der Waals surface area contributed by atoms with Crippen LogP contribution in [-0.4, -0.2) is 36.9 Å². The number of ether oxygens (including phenoxy) is 2. The van der Waals surface area contributed by atoms with Crippen LogP contribution >= 0.6 is 0 Å². The zero-order valence-corrected chi connectivity index (χ0v) is 16.7. The number of benzene rings is 2. The number of rotatable bonds is 5. The Bertz CT molecular complexity index is 1100. The molecule has 2 atom stereocenters. The molecule has 1 N–H and O–H groups in total. The molecule has 3 aromatic rings. The SMILES string of the molecule is OC(CN1c2cccc(-c3cccc(OC(F)(F)F)c3)c2OCC1c1ccco1)C(F)(F)F. The maximum atomic E-state index is 13.1. The van der Waals surface area contributed by atoms with Gasteiger partial charge in [-0.2, -0.15) is 13.2 Å². The van der Waals surface area contributed by atoms with Crippen molar-refractivity contribution >= 4 is 5.69 Å². The first-order chi connectivity index (χ1) is 15.5. The predicted octanol–water partition coefficient (Wildman–Crippen LogP) is 5.71. The van der Waals surface area contributed by atoms with E-state index >= 15 is 0 Å². The Morgan fingerprint density at radius 3 is 2.45 bits per heavy atom. The minimum Gasteiger partial charge on any atom is -0.488 e. The lowest BCUT2D eigenvalue weighted by atomic mass is 10.00. The van der Waals surface area contributed by atoms with Crippen molar-refractivity contribution in [1.29, 1.82) is 0 Å². The van der Waals surface area contributed by atoms with Gasteiger partial charge < -0.3 is 23.9 Å². The molecule has 1 aromatic heterocycles. The van der Waals surface area contributed by atoms with Crippen LogP contribution in [0.3, 0.4) is 0 Å². The molecule has 33 heavy (non-hydrogen) atoms. The number of nitrogens with zero attached hydrogens (tertiary/aromatic N) is 1. The second kappa shape index (κ2) is 8.54. The maximum Gasteiger partial charge on any atom is 0.573 e. The molecule has 2 heterocycles. The number of fused-ring (bicyclic) bond motifs is 1. The number of aliphatic hydroxyl groups excluding tert-OH is 1. The summed E-state index contributed by atoms with van der Waals surface area (Å²) in [5.41, 5.74) is 0.886. The Labute approximate surface area is 183 Å². The van der Waals surface area contributed by atoms with Gasteiger partial charge in [0.1, 0.15) is 24.2 Å². The van der Waals surface area contributed by atoms with Crippen LogP contribution in [-0.2, 0) is 0 Å². The second-order valence-electron chi connectivity index (χ2n) is 7.28. The van der Waals surface area contributed by atoms with E-state index in [-0.39, 0.29) is 18.0 Å². The zero-order valence-electron chi connectivity index (χ0n) is 16.7. The Hall–Kier alpha value is -3.34. The van der Waals surface area contributed by atoms with Crippen molar-refractivity contribution in [3.05, 3.63) is 66.6 Å². The highest BCUT2D eigenvalue weighted by Gasteiger charge is 2.42. The van der Waals surface area contributed by atoms with Crippen LogP contribution in [0.15, 0.2) is 65.3 Å². The van der Waals surface area contributed by atoms with E-state index in [4.69, 9.17) is 9.15 Å². The molecule has 5 nitrogen and oxygen atoms in total. The van der Waals surface area contributed by atoms with Crippen LogP contribution in [0.5, 0.6) is 11.5 Å². The highest BCUT2D eigenvalue weighted by molar-refractivity contribution is 5.80. The molecule has 0 fully saturated rings. The third kappa shape index (κ3) is 5.03. The number of anilines is 1.